The van der Waals surface area contributed by atoms with Gasteiger partial charge in [0.15, 0.2) is 0 Å². The van der Waals surface area contributed by atoms with E-state index in [0.29, 0.717) is 16.9 Å². The van der Waals surface area contributed by atoms with Crippen molar-refractivity contribution in [1.82, 2.24) is 4.98 Å². The molecular formula is C28H22N4O3. The Labute approximate surface area is 202 Å². The summed E-state index contributed by atoms with van der Waals surface area (Å²) >= 11 is 0. The fourth-order valence-electron chi connectivity index (χ4n) is 3.94. The van der Waals surface area contributed by atoms with Gasteiger partial charge in [-0.1, -0.05) is 54.6 Å². The third-order valence-corrected chi connectivity index (χ3v) is 5.63. The van der Waals surface area contributed by atoms with Crippen LogP contribution in [0.5, 0.6) is 11.5 Å². The van der Waals surface area contributed by atoms with Crippen LogP contribution in [0.15, 0.2) is 77.6 Å². The average molecular weight is 463 g/mol. The molecule has 0 saturated heterocycles. The van der Waals surface area contributed by atoms with Gasteiger partial charge in [0.05, 0.1) is 7.11 Å². The summed E-state index contributed by atoms with van der Waals surface area (Å²) in [5.41, 5.74) is 8.64. The molecule has 0 unspecified atom stereocenters. The first kappa shape index (κ1) is 23.2. The summed E-state index contributed by atoms with van der Waals surface area (Å²) in [6.07, 6.45) is 0.720. The van der Waals surface area contributed by atoms with Gasteiger partial charge in [0.25, 0.3) is 5.56 Å². The van der Waals surface area contributed by atoms with E-state index in [9.17, 15) is 15.3 Å². The first-order valence-corrected chi connectivity index (χ1v) is 10.8. The van der Waals surface area contributed by atoms with Crippen molar-refractivity contribution in [2.45, 2.75) is 13.0 Å². The van der Waals surface area contributed by atoms with Gasteiger partial charge >= 0.3 is 0 Å². The molecule has 0 radical (unpaired) electrons. The maximum absolute atomic E-state index is 12.3. The standard InChI is InChI=1S/C28H22N4O3/c1-34-24-12-11-20(26-22(15-29)27(31)32-28(33)23(26)16-30)14-21(24)17-35-25-10-6-5-9-19(25)13-18-7-3-2-4-8-18/h2-12,14H,13,17H2,1H3,(H3,31,32,33). The Morgan fingerprint density at radius 1 is 0.886 bits per heavy atom. The van der Waals surface area contributed by atoms with Crippen molar-refractivity contribution in [1.29, 1.82) is 10.5 Å². The quantitative estimate of drug-likeness (QED) is 0.415. The van der Waals surface area contributed by atoms with E-state index in [-0.39, 0.29) is 29.1 Å². The molecule has 4 rings (SSSR count). The number of anilines is 1. The number of aromatic amines is 1. The van der Waals surface area contributed by atoms with Gasteiger partial charge in [-0.2, -0.15) is 10.5 Å². The summed E-state index contributed by atoms with van der Waals surface area (Å²) in [4.78, 5) is 14.7. The van der Waals surface area contributed by atoms with Crippen molar-refractivity contribution in [3.05, 3.63) is 111 Å². The average Bonchev–Trinajstić information content (AvgIpc) is 2.88. The minimum atomic E-state index is -0.651. The van der Waals surface area contributed by atoms with Gasteiger partial charge in [0.2, 0.25) is 0 Å². The van der Waals surface area contributed by atoms with Crippen LogP contribution in [0.4, 0.5) is 5.82 Å². The van der Waals surface area contributed by atoms with Crippen LogP contribution >= 0.6 is 0 Å². The second-order valence-electron chi connectivity index (χ2n) is 7.80. The van der Waals surface area contributed by atoms with Crippen molar-refractivity contribution in [3.63, 3.8) is 0 Å². The summed E-state index contributed by atoms with van der Waals surface area (Å²) in [6, 6.07) is 26.9. The number of hydrogen-bond acceptors (Lipinski definition) is 6. The first-order chi connectivity index (χ1) is 17.0. The molecule has 7 heteroatoms. The molecule has 4 aromatic rings. The number of benzene rings is 3. The molecule has 0 aliphatic carbocycles. The number of nitrogens with zero attached hydrogens (tertiary/aromatic N) is 2. The number of nitriles is 2. The van der Waals surface area contributed by atoms with Crippen LogP contribution in [0, 0.1) is 22.7 Å². The minimum absolute atomic E-state index is 0.0337. The van der Waals surface area contributed by atoms with E-state index in [1.54, 1.807) is 25.3 Å². The van der Waals surface area contributed by atoms with E-state index in [4.69, 9.17) is 15.2 Å². The number of pyridine rings is 1. The number of ether oxygens (including phenoxy) is 2. The molecule has 1 aromatic heterocycles. The van der Waals surface area contributed by atoms with Crippen LogP contribution in [0.3, 0.4) is 0 Å². The van der Waals surface area contributed by atoms with Crippen molar-refractivity contribution in [3.8, 4) is 34.8 Å². The number of methoxy groups -OCH3 is 1. The van der Waals surface area contributed by atoms with Crippen LogP contribution in [0.25, 0.3) is 11.1 Å². The predicted octanol–water partition coefficient (Wildman–Crippen LogP) is 4.55. The molecular weight excluding hydrogens is 440 g/mol. The Balaban J connectivity index is 1.70. The van der Waals surface area contributed by atoms with Gasteiger partial charge in [0, 0.05) is 17.5 Å². The SMILES string of the molecule is COc1ccc(-c2c(C#N)c(N)[nH]c(=O)c2C#N)cc1COc1ccccc1Cc1ccccc1. The fraction of sp³-hybridized carbons (Fsp3) is 0.107. The topological polar surface area (TPSA) is 125 Å². The van der Waals surface area contributed by atoms with Crippen LogP contribution in [-0.4, -0.2) is 12.1 Å². The Hall–Kier alpha value is -5.01. The van der Waals surface area contributed by atoms with E-state index in [1.807, 2.05) is 54.6 Å². The Bertz CT molecular complexity index is 1510. The number of nitrogens with one attached hydrogen (secondary N) is 1. The van der Waals surface area contributed by atoms with Gasteiger partial charge < -0.3 is 20.2 Å². The lowest BCUT2D eigenvalue weighted by Crippen LogP contribution is -2.16. The normalized spacial score (nSPS) is 10.3. The molecule has 0 aliphatic rings. The Kier molecular flexibility index (Phi) is 6.81. The molecule has 35 heavy (non-hydrogen) atoms. The van der Waals surface area contributed by atoms with Gasteiger partial charge in [-0.3, -0.25) is 4.79 Å². The molecule has 7 nitrogen and oxygen atoms in total. The maximum Gasteiger partial charge on any atom is 0.268 e. The summed E-state index contributed by atoms with van der Waals surface area (Å²) in [5.74, 6) is 1.22. The fourth-order valence-corrected chi connectivity index (χ4v) is 3.94. The molecule has 0 fully saturated rings. The highest BCUT2D eigenvalue weighted by molar-refractivity contribution is 5.80. The Morgan fingerprint density at radius 3 is 2.31 bits per heavy atom. The molecule has 3 aromatic carbocycles. The molecule has 0 atom stereocenters. The molecule has 172 valence electrons. The lowest BCUT2D eigenvalue weighted by atomic mass is 9.95. The van der Waals surface area contributed by atoms with Gasteiger partial charge in [-0.05, 0) is 34.9 Å². The lowest BCUT2D eigenvalue weighted by Gasteiger charge is -2.16. The zero-order valence-corrected chi connectivity index (χ0v) is 19.0. The van der Waals surface area contributed by atoms with Crippen LogP contribution in [0.1, 0.15) is 27.8 Å². The number of hydrogen-bond donors (Lipinski definition) is 2. The number of H-pyrrole nitrogens is 1. The smallest absolute Gasteiger partial charge is 0.268 e. The Morgan fingerprint density at radius 2 is 1.60 bits per heavy atom. The number of para-hydroxylation sites is 1. The summed E-state index contributed by atoms with van der Waals surface area (Å²) in [6.45, 7) is 0.172. The summed E-state index contributed by atoms with van der Waals surface area (Å²) in [5, 5.41) is 19.2. The second-order valence-corrected chi connectivity index (χ2v) is 7.80. The second kappa shape index (κ2) is 10.3. The minimum Gasteiger partial charge on any atom is -0.496 e. The van der Waals surface area contributed by atoms with E-state index >= 15 is 0 Å². The van der Waals surface area contributed by atoms with Crippen molar-refractivity contribution >= 4 is 5.82 Å². The number of rotatable bonds is 7. The molecule has 0 bridgehead atoms. The number of nitrogens with two attached hydrogens (primary N) is 1. The zero-order valence-electron chi connectivity index (χ0n) is 19.0. The zero-order chi connectivity index (χ0) is 24.8. The molecule has 1 heterocycles. The summed E-state index contributed by atoms with van der Waals surface area (Å²) in [7, 11) is 1.55. The van der Waals surface area contributed by atoms with E-state index in [1.165, 1.54) is 5.56 Å². The number of aromatic nitrogens is 1. The monoisotopic (exact) mass is 462 g/mol. The lowest BCUT2D eigenvalue weighted by molar-refractivity contribution is 0.294. The molecule has 0 saturated carbocycles. The van der Waals surface area contributed by atoms with Gasteiger partial charge in [-0.15, -0.1) is 0 Å². The van der Waals surface area contributed by atoms with E-state index in [2.05, 4.69) is 17.1 Å². The van der Waals surface area contributed by atoms with Crippen molar-refractivity contribution < 1.29 is 9.47 Å². The first-order valence-electron chi connectivity index (χ1n) is 10.8. The molecule has 3 N–H and O–H groups in total. The highest BCUT2D eigenvalue weighted by Crippen LogP contribution is 2.33. The number of nitrogen functional groups attached to an aromatic ring is 1. The van der Waals surface area contributed by atoms with Crippen LogP contribution in [0.2, 0.25) is 0 Å². The third kappa shape index (κ3) is 4.85. The largest absolute Gasteiger partial charge is 0.496 e. The molecule has 0 aliphatic heterocycles. The molecule has 0 amide bonds. The van der Waals surface area contributed by atoms with Crippen molar-refractivity contribution in [2.24, 2.45) is 0 Å². The van der Waals surface area contributed by atoms with Crippen LogP contribution < -0.4 is 20.8 Å². The summed E-state index contributed by atoms with van der Waals surface area (Å²) < 4.78 is 11.7. The third-order valence-electron chi connectivity index (χ3n) is 5.63. The van der Waals surface area contributed by atoms with Crippen LogP contribution in [-0.2, 0) is 13.0 Å². The van der Waals surface area contributed by atoms with Crippen molar-refractivity contribution in [2.75, 3.05) is 12.8 Å². The highest BCUT2D eigenvalue weighted by atomic mass is 16.5. The molecule has 0 spiro atoms. The predicted molar refractivity (Wildman–Crippen MR) is 133 cm³/mol. The van der Waals surface area contributed by atoms with E-state index < -0.39 is 5.56 Å². The van der Waals surface area contributed by atoms with Gasteiger partial charge in [0.1, 0.15) is 47.2 Å². The maximum atomic E-state index is 12.3. The van der Waals surface area contributed by atoms with Gasteiger partial charge in [-0.25, -0.2) is 0 Å². The highest BCUT2D eigenvalue weighted by Gasteiger charge is 2.19. The van der Waals surface area contributed by atoms with E-state index in [0.717, 1.165) is 17.7 Å².